The predicted octanol–water partition coefficient (Wildman–Crippen LogP) is 4.98. The molecule has 8 nitrogen and oxygen atoms in total. The molecule has 2 amide bonds. The Morgan fingerprint density at radius 1 is 1.13 bits per heavy atom. The molecule has 5 N–H and O–H groups in total. The van der Waals surface area contributed by atoms with Gasteiger partial charge in [-0.05, 0) is 68.2 Å². The fraction of sp³-hybridized carbons (Fsp3) is 0.258. The number of carbonyl (C=O) groups excluding carboxylic acids is 2. The van der Waals surface area contributed by atoms with Gasteiger partial charge < -0.3 is 21.4 Å². The molecule has 8 heteroatoms. The summed E-state index contributed by atoms with van der Waals surface area (Å²) in [5, 5.41) is 10.5. The molecule has 6 rings (SSSR count). The number of para-hydroxylation sites is 1. The van der Waals surface area contributed by atoms with Gasteiger partial charge in [-0.2, -0.15) is 5.10 Å². The second-order valence-corrected chi connectivity index (χ2v) is 10.7. The molecule has 2 aromatic heterocycles. The SMILES string of the molecule is Cc1[nH]c(C=C2C(=O)Nc3ccc(-c4cnn(-c5ccccc5)c4)cc32)c(C)c1C(=O)NCC1(N)CCCC1. The molecule has 0 atom stereocenters. The van der Waals surface area contributed by atoms with Gasteiger partial charge in [-0.15, -0.1) is 0 Å². The molecule has 1 saturated carbocycles. The van der Waals surface area contributed by atoms with Gasteiger partial charge in [-0.3, -0.25) is 9.59 Å². The van der Waals surface area contributed by atoms with Crippen LogP contribution in [-0.2, 0) is 4.79 Å². The maximum absolute atomic E-state index is 13.1. The number of aryl methyl sites for hydroxylation is 1. The zero-order valence-electron chi connectivity index (χ0n) is 22.2. The van der Waals surface area contributed by atoms with Crippen LogP contribution in [0.1, 0.15) is 58.6 Å². The van der Waals surface area contributed by atoms with Gasteiger partial charge in [-0.1, -0.05) is 37.1 Å². The summed E-state index contributed by atoms with van der Waals surface area (Å²) in [7, 11) is 0. The van der Waals surface area contributed by atoms with Gasteiger partial charge >= 0.3 is 0 Å². The molecule has 1 aliphatic carbocycles. The van der Waals surface area contributed by atoms with Crippen LogP contribution in [0.15, 0.2) is 60.9 Å². The molecule has 1 aliphatic heterocycles. The Kier molecular flexibility index (Phi) is 6.19. The van der Waals surface area contributed by atoms with Gasteiger partial charge in [0, 0.05) is 46.5 Å². The highest BCUT2D eigenvalue weighted by atomic mass is 16.2. The normalized spacial score (nSPS) is 16.9. The van der Waals surface area contributed by atoms with Gasteiger partial charge in [0.15, 0.2) is 0 Å². The fourth-order valence-corrected chi connectivity index (χ4v) is 5.71. The van der Waals surface area contributed by atoms with Crippen molar-refractivity contribution in [2.75, 3.05) is 11.9 Å². The van der Waals surface area contributed by atoms with Crippen molar-refractivity contribution >= 4 is 29.2 Å². The standard InChI is InChI=1S/C31H32N6O2/c1-19-27(35-20(2)28(19)30(39)33-18-31(32)12-6-7-13-31)15-25-24-14-21(10-11-26(24)36-29(25)38)22-16-34-37(17-22)23-8-4-3-5-9-23/h3-5,8-11,14-17,35H,6-7,12-13,18,32H2,1-2H3,(H,33,39)(H,36,38). The van der Waals surface area contributed by atoms with E-state index >= 15 is 0 Å². The van der Waals surface area contributed by atoms with Gasteiger partial charge in [-0.25, -0.2) is 4.68 Å². The van der Waals surface area contributed by atoms with Crippen molar-refractivity contribution in [3.8, 4) is 16.8 Å². The van der Waals surface area contributed by atoms with Crippen LogP contribution in [0.25, 0.3) is 28.5 Å². The van der Waals surface area contributed by atoms with E-state index in [-0.39, 0.29) is 17.4 Å². The number of carbonyl (C=O) groups is 2. The summed E-state index contributed by atoms with van der Waals surface area (Å²) >= 11 is 0. The van der Waals surface area contributed by atoms with Crippen molar-refractivity contribution < 1.29 is 9.59 Å². The first-order valence-corrected chi connectivity index (χ1v) is 13.4. The number of nitrogens with one attached hydrogen (secondary N) is 3. The summed E-state index contributed by atoms with van der Waals surface area (Å²) in [6.45, 7) is 4.25. The maximum atomic E-state index is 13.1. The molecule has 4 aromatic rings. The van der Waals surface area contributed by atoms with Crippen LogP contribution in [-0.4, -0.2) is 38.7 Å². The third-order valence-electron chi connectivity index (χ3n) is 7.93. The molecule has 0 spiro atoms. The van der Waals surface area contributed by atoms with E-state index in [0.29, 0.717) is 17.7 Å². The molecule has 3 heterocycles. The minimum absolute atomic E-state index is 0.142. The quantitative estimate of drug-likeness (QED) is 0.268. The van der Waals surface area contributed by atoms with Crippen molar-refractivity contribution in [1.82, 2.24) is 20.1 Å². The second kappa shape index (κ2) is 9.71. The summed E-state index contributed by atoms with van der Waals surface area (Å²) in [6.07, 6.45) is 9.70. The predicted molar refractivity (Wildman–Crippen MR) is 153 cm³/mol. The van der Waals surface area contributed by atoms with Crippen LogP contribution < -0.4 is 16.4 Å². The van der Waals surface area contributed by atoms with Gasteiger partial charge in [0.05, 0.1) is 23.0 Å². The molecular formula is C31H32N6O2. The average molecular weight is 521 g/mol. The lowest BCUT2D eigenvalue weighted by atomic mass is 9.98. The number of nitrogens with two attached hydrogens (primary N) is 1. The number of H-pyrrole nitrogens is 1. The minimum Gasteiger partial charge on any atom is -0.358 e. The van der Waals surface area contributed by atoms with Crippen molar-refractivity contribution in [1.29, 1.82) is 0 Å². The molecule has 2 aromatic carbocycles. The number of fused-ring (bicyclic) bond motifs is 1. The third-order valence-corrected chi connectivity index (χ3v) is 7.93. The van der Waals surface area contributed by atoms with E-state index in [9.17, 15) is 9.59 Å². The van der Waals surface area contributed by atoms with E-state index in [4.69, 9.17) is 5.73 Å². The van der Waals surface area contributed by atoms with Crippen LogP contribution in [0, 0.1) is 13.8 Å². The lowest BCUT2D eigenvalue weighted by Gasteiger charge is -2.23. The molecule has 39 heavy (non-hydrogen) atoms. The zero-order chi connectivity index (χ0) is 27.1. The van der Waals surface area contributed by atoms with Crippen LogP contribution in [0.5, 0.6) is 0 Å². The van der Waals surface area contributed by atoms with E-state index < -0.39 is 0 Å². The molecular weight excluding hydrogens is 488 g/mol. The summed E-state index contributed by atoms with van der Waals surface area (Å²) in [5.41, 5.74) is 14.0. The van der Waals surface area contributed by atoms with E-state index in [1.807, 2.05) is 85.5 Å². The largest absolute Gasteiger partial charge is 0.358 e. The first-order valence-electron chi connectivity index (χ1n) is 13.4. The molecule has 0 unspecified atom stereocenters. The fourth-order valence-electron chi connectivity index (χ4n) is 5.71. The first kappa shape index (κ1) is 24.9. The topological polar surface area (TPSA) is 118 Å². The lowest BCUT2D eigenvalue weighted by molar-refractivity contribution is -0.110. The number of aromatic nitrogens is 3. The number of nitrogens with zero attached hydrogens (tertiary/aromatic N) is 2. The van der Waals surface area contributed by atoms with Crippen LogP contribution >= 0.6 is 0 Å². The number of hydrogen-bond acceptors (Lipinski definition) is 4. The van der Waals surface area contributed by atoms with Crippen molar-refractivity contribution in [2.24, 2.45) is 5.73 Å². The molecule has 1 fully saturated rings. The highest BCUT2D eigenvalue weighted by Crippen LogP contribution is 2.37. The Morgan fingerprint density at radius 3 is 2.67 bits per heavy atom. The first-order chi connectivity index (χ1) is 18.8. The Hall–Kier alpha value is -4.43. The van der Waals surface area contributed by atoms with Crippen molar-refractivity contribution in [3.63, 3.8) is 0 Å². The molecule has 198 valence electrons. The Labute approximate surface area is 227 Å². The number of benzene rings is 2. The molecule has 0 radical (unpaired) electrons. The van der Waals surface area contributed by atoms with E-state index in [1.165, 1.54) is 0 Å². The van der Waals surface area contributed by atoms with E-state index in [2.05, 4.69) is 20.7 Å². The third kappa shape index (κ3) is 4.68. The van der Waals surface area contributed by atoms with Crippen LogP contribution in [0.4, 0.5) is 5.69 Å². The maximum Gasteiger partial charge on any atom is 0.256 e. The summed E-state index contributed by atoms with van der Waals surface area (Å²) < 4.78 is 1.83. The molecule has 2 aliphatic rings. The summed E-state index contributed by atoms with van der Waals surface area (Å²) in [6, 6.07) is 15.8. The van der Waals surface area contributed by atoms with Gasteiger partial charge in [0.1, 0.15) is 0 Å². The van der Waals surface area contributed by atoms with Gasteiger partial charge in [0.2, 0.25) is 0 Å². The average Bonchev–Trinajstić information content (AvgIpc) is 3.71. The minimum atomic E-state index is -0.320. The summed E-state index contributed by atoms with van der Waals surface area (Å²) in [5.74, 6) is -0.317. The number of hydrogen-bond donors (Lipinski definition) is 4. The second-order valence-electron chi connectivity index (χ2n) is 10.7. The van der Waals surface area contributed by atoms with E-state index in [0.717, 1.165) is 70.7 Å². The summed E-state index contributed by atoms with van der Waals surface area (Å²) in [4.78, 5) is 29.4. The number of aromatic amines is 1. The number of rotatable bonds is 6. The molecule has 0 bridgehead atoms. The smallest absolute Gasteiger partial charge is 0.256 e. The van der Waals surface area contributed by atoms with E-state index in [1.54, 1.807) is 0 Å². The number of amides is 2. The Morgan fingerprint density at radius 2 is 1.90 bits per heavy atom. The molecule has 0 saturated heterocycles. The van der Waals surface area contributed by atoms with Crippen molar-refractivity contribution in [2.45, 2.75) is 45.1 Å². The number of anilines is 1. The van der Waals surface area contributed by atoms with Crippen LogP contribution in [0.3, 0.4) is 0 Å². The Bertz CT molecular complexity index is 1610. The van der Waals surface area contributed by atoms with Gasteiger partial charge in [0.25, 0.3) is 11.8 Å². The monoisotopic (exact) mass is 520 g/mol. The lowest BCUT2D eigenvalue weighted by Crippen LogP contribution is -2.48. The zero-order valence-corrected chi connectivity index (χ0v) is 22.2. The van der Waals surface area contributed by atoms with Crippen molar-refractivity contribution in [3.05, 3.63) is 89.0 Å². The van der Waals surface area contributed by atoms with Crippen LogP contribution in [0.2, 0.25) is 0 Å². The highest BCUT2D eigenvalue weighted by molar-refractivity contribution is 6.35. The Balaban J connectivity index is 1.28. The highest BCUT2D eigenvalue weighted by Gasteiger charge is 2.31.